The van der Waals surface area contributed by atoms with E-state index in [1.165, 1.54) is 6.42 Å². The number of furan rings is 1. The lowest BCUT2D eigenvalue weighted by Gasteiger charge is -2.34. The number of benzene rings is 1. The van der Waals surface area contributed by atoms with Crippen molar-refractivity contribution in [3.05, 3.63) is 35.6 Å². The first-order chi connectivity index (χ1) is 12.4. The first kappa shape index (κ1) is 18.6. The zero-order valence-electron chi connectivity index (χ0n) is 16.5. The van der Waals surface area contributed by atoms with Crippen molar-refractivity contribution >= 4 is 22.4 Å². The number of amides is 1. The molecule has 2 atom stereocenters. The molecule has 0 N–H and O–H groups in total. The zero-order valence-corrected chi connectivity index (χ0v) is 16.5. The second-order valence-electron chi connectivity index (χ2n) is 7.71. The Morgan fingerprint density at radius 2 is 2.00 bits per heavy atom. The SMILES string of the molecule is CCOc1cc2occ(C)c2cc1/C(C)=C/C(=O)N1CC(C)CC(C)C1. The number of carbonyl (C=O) groups is 1. The molecule has 3 rings (SSSR count). The first-order valence-electron chi connectivity index (χ1n) is 9.51. The van der Waals surface area contributed by atoms with Crippen molar-refractivity contribution in [2.45, 2.75) is 41.0 Å². The fraction of sp³-hybridized carbons (Fsp3) is 0.500. The molecule has 0 radical (unpaired) electrons. The number of piperidine rings is 1. The molecule has 0 bridgehead atoms. The Morgan fingerprint density at radius 1 is 1.31 bits per heavy atom. The van der Waals surface area contributed by atoms with Crippen molar-refractivity contribution in [3.8, 4) is 5.75 Å². The van der Waals surface area contributed by atoms with Crippen molar-refractivity contribution in [2.24, 2.45) is 11.8 Å². The first-order valence-corrected chi connectivity index (χ1v) is 9.51. The van der Waals surface area contributed by atoms with E-state index in [9.17, 15) is 4.79 Å². The van der Waals surface area contributed by atoms with Gasteiger partial charge >= 0.3 is 0 Å². The van der Waals surface area contributed by atoms with Gasteiger partial charge in [-0.05, 0) is 56.2 Å². The van der Waals surface area contributed by atoms with E-state index in [1.807, 2.05) is 31.7 Å². The lowest BCUT2D eigenvalue weighted by Crippen LogP contribution is -2.41. The number of ether oxygens (including phenoxy) is 1. The zero-order chi connectivity index (χ0) is 18.8. The molecule has 0 saturated carbocycles. The van der Waals surface area contributed by atoms with Crippen molar-refractivity contribution in [1.29, 1.82) is 0 Å². The molecule has 1 fully saturated rings. The summed E-state index contributed by atoms with van der Waals surface area (Å²) in [6.07, 6.45) is 4.70. The van der Waals surface area contributed by atoms with Gasteiger partial charge in [-0.25, -0.2) is 0 Å². The molecular weight excluding hydrogens is 326 g/mol. The Kier molecular flexibility index (Phi) is 5.40. The van der Waals surface area contributed by atoms with Gasteiger partial charge in [0, 0.05) is 36.2 Å². The molecule has 2 aromatic rings. The maximum Gasteiger partial charge on any atom is 0.246 e. The second-order valence-corrected chi connectivity index (χ2v) is 7.71. The molecule has 4 nitrogen and oxygen atoms in total. The third-order valence-corrected chi connectivity index (χ3v) is 5.11. The highest BCUT2D eigenvalue weighted by atomic mass is 16.5. The third-order valence-electron chi connectivity index (χ3n) is 5.11. The molecular formula is C22H29NO3. The van der Waals surface area contributed by atoms with Crippen LogP contribution >= 0.6 is 0 Å². The highest BCUT2D eigenvalue weighted by Gasteiger charge is 2.24. The predicted octanol–water partition coefficient (Wildman–Crippen LogP) is 5.05. The Bertz CT molecular complexity index is 823. The number of fused-ring (bicyclic) bond motifs is 1. The predicted molar refractivity (Wildman–Crippen MR) is 105 cm³/mol. The number of rotatable bonds is 4. The highest BCUT2D eigenvalue weighted by molar-refractivity contribution is 5.97. The van der Waals surface area contributed by atoms with E-state index in [0.29, 0.717) is 18.4 Å². The minimum Gasteiger partial charge on any atom is -0.493 e. The fourth-order valence-corrected chi connectivity index (χ4v) is 3.96. The van der Waals surface area contributed by atoms with E-state index in [1.54, 1.807) is 12.3 Å². The van der Waals surface area contributed by atoms with Crippen LogP contribution in [0.5, 0.6) is 5.75 Å². The standard InChI is InChI=1S/C22H29NO3/c1-6-25-20-10-21-19(17(5)13-26-21)9-18(20)16(4)8-22(24)23-11-14(2)7-15(3)12-23/h8-10,13-15H,6-7,11-12H2,1-5H3/b16-8+. The normalized spacial score (nSPS) is 21.3. The molecule has 4 heteroatoms. The van der Waals surface area contributed by atoms with Gasteiger partial charge in [0.15, 0.2) is 0 Å². The Balaban J connectivity index is 1.93. The highest BCUT2D eigenvalue weighted by Crippen LogP contribution is 2.33. The van der Waals surface area contributed by atoms with Gasteiger partial charge in [-0.3, -0.25) is 4.79 Å². The molecule has 1 saturated heterocycles. The number of carbonyl (C=O) groups excluding carboxylic acids is 1. The van der Waals surface area contributed by atoms with Crippen LogP contribution < -0.4 is 4.74 Å². The maximum absolute atomic E-state index is 12.8. The fourth-order valence-electron chi connectivity index (χ4n) is 3.96. The summed E-state index contributed by atoms with van der Waals surface area (Å²) in [4.78, 5) is 14.8. The molecule has 1 aliphatic heterocycles. The number of hydrogen-bond acceptors (Lipinski definition) is 3. The summed E-state index contributed by atoms with van der Waals surface area (Å²) in [5.74, 6) is 1.96. The van der Waals surface area contributed by atoms with Crippen LogP contribution in [0.25, 0.3) is 16.5 Å². The Labute approximate surface area is 155 Å². The van der Waals surface area contributed by atoms with Gasteiger partial charge in [-0.15, -0.1) is 0 Å². The van der Waals surface area contributed by atoms with Crippen LogP contribution in [0.3, 0.4) is 0 Å². The van der Waals surface area contributed by atoms with Crippen LogP contribution in [0.4, 0.5) is 0 Å². The van der Waals surface area contributed by atoms with Crippen LogP contribution in [-0.4, -0.2) is 30.5 Å². The minimum absolute atomic E-state index is 0.0901. The van der Waals surface area contributed by atoms with Crippen molar-refractivity contribution in [1.82, 2.24) is 4.90 Å². The molecule has 140 valence electrons. The largest absolute Gasteiger partial charge is 0.493 e. The van der Waals surface area contributed by atoms with Gasteiger partial charge < -0.3 is 14.1 Å². The van der Waals surface area contributed by atoms with E-state index in [0.717, 1.165) is 46.5 Å². The summed E-state index contributed by atoms with van der Waals surface area (Å²) >= 11 is 0. The summed E-state index contributed by atoms with van der Waals surface area (Å²) in [6.45, 7) is 12.6. The topological polar surface area (TPSA) is 42.7 Å². The summed E-state index contributed by atoms with van der Waals surface area (Å²) < 4.78 is 11.4. The Hall–Kier alpha value is -2.23. The monoisotopic (exact) mass is 355 g/mol. The van der Waals surface area contributed by atoms with Crippen molar-refractivity contribution < 1.29 is 13.9 Å². The van der Waals surface area contributed by atoms with E-state index >= 15 is 0 Å². The average molecular weight is 355 g/mol. The van der Waals surface area contributed by atoms with Gasteiger partial charge in [0.1, 0.15) is 11.3 Å². The summed E-state index contributed by atoms with van der Waals surface area (Å²) in [5, 5.41) is 1.06. The number of likely N-dealkylation sites (tertiary alicyclic amines) is 1. The molecule has 0 spiro atoms. The average Bonchev–Trinajstić information content (AvgIpc) is 2.94. The molecule has 1 amide bonds. The van der Waals surface area contributed by atoms with Crippen LogP contribution in [0.15, 0.2) is 28.9 Å². The molecule has 1 aromatic carbocycles. The molecule has 2 heterocycles. The third kappa shape index (κ3) is 3.79. The molecule has 2 unspecified atom stereocenters. The summed E-state index contributed by atoms with van der Waals surface area (Å²) in [5.41, 5.74) is 3.77. The Morgan fingerprint density at radius 3 is 2.65 bits per heavy atom. The van der Waals surface area contributed by atoms with Gasteiger partial charge in [0.25, 0.3) is 0 Å². The van der Waals surface area contributed by atoms with Gasteiger partial charge in [-0.2, -0.15) is 0 Å². The number of hydrogen-bond donors (Lipinski definition) is 0. The van der Waals surface area contributed by atoms with Crippen molar-refractivity contribution in [2.75, 3.05) is 19.7 Å². The molecule has 26 heavy (non-hydrogen) atoms. The van der Waals surface area contributed by atoms with Gasteiger partial charge in [-0.1, -0.05) is 13.8 Å². The van der Waals surface area contributed by atoms with Crippen LogP contribution in [0.1, 0.15) is 45.2 Å². The molecule has 1 aromatic heterocycles. The molecule has 0 aliphatic carbocycles. The lowest BCUT2D eigenvalue weighted by molar-refractivity contribution is -0.128. The number of nitrogens with zero attached hydrogens (tertiary/aromatic N) is 1. The van der Waals surface area contributed by atoms with E-state index in [4.69, 9.17) is 9.15 Å². The van der Waals surface area contributed by atoms with Gasteiger partial charge in [0.05, 0.1) is 12.9 Å². The quantitative estimate of drug-likeness (QED) is 0.721. The number of allylic oxidation sites excluding steroid dienone is 1. The van der Waals surface area contributed by atoms with E-state index in [2.05, 4.69) is 19.9 Å². The van der Waals surface area contributed by atoms with Crippen molar-refractivity contribution in [3.63, 3.8) is 0 Å². The maximum atomic E-state index is 12.8. The number of aryl methyl sites for hydroxylation is 1. The smallest absolute Gasteiger partial charge is 0.246 e. The summed E-state index contributed by atoms with van der Waals surface area (Å²) in [7, 11) is 0. The van der Waals surface area contributed by atoms with E-state index < -0.39 is 0 Å². The van der Waals surface area contributed by atoms with Gasteiger partial charge in [0.2, 0.25) is 5.91 Å². The second kappa shape index (κ2) is 7.56. The lowest BCUT2D eigenvalue weighted by atomic mass is 9.91. The minimum atomic E-state index is 0.0901. The molecule has 1 aliphatic rings. The van der Waals surface area contributed by atoms with Crippen LogP contribution in [0, 0.1) is 18.8 Å². The van der Waals surface area contributed by atoms with Crippen LogP contribution in [0.2, 0.25) is 0 Å². The van der Waals surface area contributed by atoms with Crippen LogP contribution in [-0.2, 0) is 4.79 Å². The summed E-state index contributed by atoms with van der Waals surface area (Å²) in [6, 6.07) is 3.99. The van der Waals surface area contributed by atoms with E-state index in [-0.39, 0.29) is 5.91 Å².